The summed E-state index contributed by atoms with van der Waals surface area (Å²) >= 11 is 6.12. The zero-order valence-corrected chi connectivity index (χ0v) is 16.6. The van der Waals surface area contributed by atoms with Crippen molar-refractivity contribution in [3.05, 3.63) is 47.5 Å². The Kier molecular flexibility index (Phi) is 11.5. The fourth-order valence-corrected chi connectivity index (χ4v) is 1.88. The third-order valence-electron chi connectivity index (χ3n) is 2.93. The highest BCUT2D eigenvalue weighted by molar-refractivity contribution is 14.0. The van der Waals surface area contributed by atoms with Crippen molar-refractivity contribution < 1.29 is 4.79 Å². The van der Waals surface area contributed by atoms with Crippen LogP contribution in [0.25, 0.3) is 0 Å². The van der Waals surface area contributed by atoms with E-state index in [4.69, 9.17) is 11.6 Å². The van der Waals surface area contributed by atoms with E-state index in [1.54, 1.807) is 20.2 Å². The summed E-state index contributed by atoms with van der Waals surface area (Å²) in [6.07, 6.45) is 2.51. The number of guanidine groups is 1. The molecule has 0 saturated heterocycles. The molecule has 0 aliphatic heterocycles. The van der Waals surface area contributed by atoms with Gasteiger partial charge < -0.3 is 15.5 Å². The molecule has 0 heterocycles. The number of likely N-dealkylation sites (N-methyl/N-ethyl adjacent to an activating group) is 1. The second-order valence-electron chi connectivity index (χ2n) is 4.89. The average molecular weight is 451 g/mol. The van der Waals surface area contributed by atoms with Gasteiger partial charge in [-0.05, 0) is 18.1 Å². The van der Waals surface area contributed by atoms with Crippen molar-refractivity contribution in [3.8, 4) is 0 Å². The lowest BCUT2D eigenvalue weighted by molar-refractivity contribution is -0.127. The molecule has 5 nitrogen and oxygen atoms in total. The van der Waals surface area contributed by atoms with Crippen LogP contribution in [0.1, 0.15) is 5.56 Å². The number of amides is 1. The Morgan fingerprint density at radius 2 is 2.04 bits per heavy atom. The van der Waals surface area contributed by atoms with E-state index in [0.29, 0.717) is 19.0 Å². The van der Waals surface area contributed by atoms with Gasteiger partial charge in [-0.3, -0.25) is 4.79 Å². The highest BCUT2D eigenvalue weighted by Crippen LogP contribution is 2.14. The average Bonchev–Trinajstić information content (AvgIpc) is 2.50. The molecule has 0 bridgehead atoms. The number of rotatable bonds is 7. The second kappa shape index (κ2) is 12.2. The van der Waals surface area contributed by atoms with Crippen molar-refractivity contribution in [2.75, 3.05) is 33.7 Å². The molecule has 0 radical (unpaired) electrons. The number of carbonyl (C=O) groups excluding carboxylic acids is 1. The van der Waals surface area contributed by atoms with Gasteiger partial charge in [-0.2, -0.15) is 0 Å². The minimum Gasteiger partial charge on any atom is -0.356 e. The number of hydrogen-bond acceptors (Lipinski definition) is 2. The number of hydrogen-bond donors (Lipinski definition) is 2. The molecule has 0 spiro atoms. The largest absolute Gasteiger partial charge is 0.356 e. The van der Waals surface area contributed by atoms with E-state index in [9.17, 15) is 4.79 Å². The zero-order valence-electron chi connectivity index (χ0n) is 13.5. The van der Waals surface area contributed by atoms with Gasteiger partial charge in [0.2, 0.25) is 5.91 Å². The van der Waals surface area contributed by atoms with Crippen molar-refractivity contribution in [1.29, 1.82) is 0 Å². The van der Waals surface area contributed by atoms with Gasteiger partial charge >= 0.3 is 0 Å². The van der Waals surface area contributed by atoms with Crippen LogP contribution in [-0.4, -0.2) is 50.5 Å². The monoisotopic (exact) mass is 450 g/mol. The molecular weight excluding hydrogens is 427 g/mol. The fourth-order valence-electron chi connectivity index (χ4n) is 1.65. The van der Waals surface area contributed by atoms with E-state index in [1.165, 1.54) is 4.90 Å². The molecule has 7 heteroatoms. The van der Waals surface area contributed by atoms with Gasteiger partial charge in [0.15, 0.2) is 5.96 Å². The molecule has 128 valence electrons. The van der Waals surface area contributed by atoms with Crippen molar-refractivity contribution >= 4 is 47.4 Å². The van der Waals surface area contributed by atoms with Crippen LogP contribution in [0.15, 0.2) is 41.9 Å². The van der Waals surface area contributed by atoms with Gasteiger partial charge in [0.25, 0.3) is 0 Å². The van der Waals surface area contributed by atoms with E-state index in [1.807, 2.05) is 24.3 Å². The van der Waals surface area contributed by atoms with Crippen LogP contribution in [0.2, 0.25) is 5.02 Å². The molecule has 2 N–H and O–H groups in total. The Labute approximate surface area is 160 Å². The van der Waals surface area contributed by atoms with E-state index in [0.717, 1.165) is 17.0 Å². The van der Waals surface area contributed by atoms with Gasteiger partial charge in [0, 0.05) is 32.2 Å². The summed E-state index contributed by atoms with van der Waals surface area (Å²) in [6, 6.07) is 7.73. The third kappa shape index (κ3) is 8.80. The summed E-state index contributed by atoms with van der Waals surface area (Å²) < 4.78 is 0. The van der Waals surface area contributed by atoms with Crippen molar-refractivity contribution in [2.24, 2.45) is 4.99 Å². The van der Waals surface area contributed by atoms with Gasteiger partial charge in [-0.1, -0.05) is 35.9 Å². The SMILES string of the molecule is C=CCNC(=NCC(=O)N(C)C)NCCc1ccccc1Cl.I. The van der Waals surface area contributed by atoms with Crippen LogP contribution in [-0.2, 0) is 11.2 Å². The van der Waals surface area contributed by atoms with Crippen LogP contribution in [0, 0.1) is 0 Å². The first-order chi connectivity index (χ1) is 10.5. The summed E-state index contributed by atoms with van der Waals surface area (Å²) in [5.74, 6) is 0.535. The van der Waals surface area contributed by atoms with Gasteiger partial charge in [-0.25, -0.2) is 4.99 Å². The molecule has 0 saturated carbocycles. The molecule has 1 rings (SSSR count). The maximum Gasteiger partial charge on any atom is 0.243 e. The number of nitrogens with one attached hydrogen (secondary N) is 2. The maximum absolute atomic E-state index is 11.6. The molecule has 1 aromatic rings. The molecule has 23 heavy (non-hydrogen) atoms. The Balaban J connectivity index is 0.00000484. The number of aliphatic imine (C=N–C) groups is 1. The Morgan fingerprint density at radius 3 is 2.65 bits per heavy atom. The molecule has 0 fully saturated rings. The predicted octanol–water partition coefficient (Wildman–Crippen LogP) is 2.31. The normalized spacial score (nSPS) is 10.5. The lowest BCUT2D eigenvalue weighted by Crippen LogP contribution is -2.39. The van der Waals surface area contributed by atoms with Crippen molar-refractivity contribution in [2.45, 2.75) is 6.42 Å². The third-order valence-corrected chi connectivity index (χ3v) is 3.30. The Morgan fingerprint density at radius 1 is 1.35 bits per heavy atom. The molecule has 1 aromatic carbocycles. The van der Waals surface area contributed by atoms with Crippen molar-refractivity contribution in [3.63, 3.8) is 0 Å². The molecule has 0 aromatic heterocycles. The number of halogens is 2. The molecular formula is C16H24ClIN4O. The first-order valence-corrected chi connectivity index (χ1v) is 7.49. The topological polar surface area (TPSA) is 56.7 Å². The zero-order chi connectivity index (χ0) is 16.4. The number of benzene rings is 1. The van der Waals surface area contributed by atoms with Gasteiger partial charge in [0.1, 0.15) is 6.54 Å². The van der Waals surface area contributed by atoms with Crippen LogP contribution in [0.5, 0.6) is 0 Å². The molecule has 0 atom stereocenters. The fraction of sp³-hybridized carbons (Fsp3) is 0.375. The summed E-state index contributed by atoms with van der Waals surface area (Å²) in [5, 5.41) is 7.02. The van der Waals surface area contributed by atoms with Crippen molar-refractivity contribution in [1.82, 2.24) is 15.5 Å². The Bertz CT molecular complexity index is 535. The van der Waals surface area contributed by atoms with Gasteiger partial charge in [0.05, 0.1) is 0 Å². The number of carbonyl (C=O) groups is 1. The standard InChI is InChI=1S/C16H23ClN4O.HI/c1-4-10-18-16(20-12-15(22)21(2)3)19-11-9-13-7-5-6-8-14(13)17;/h4-8H,1,9-12H2,2-3H3,(H2,18,19,20);1H. The molecule has 1 amide bonds. The van der Waals surface area contributed by atoms with E-state index in [-0.39, 0.29) is 36.4 Å². The summed E-state index contributed by atoms with van der Waals surface area (Å²) in [6.45, 7) is 5.01. The second-order valence-corrected chi connectivity index (χ2v) is 5.30. The first-order valence-electron chi connectivity index (χ1n) is 7.11. The Hall–Kier alpha value is -1.28. The van der Waals surface area contributed by atoms with Crippen LogP contribution in [0.4, 0.5) is 0 Å². The van der Waals surface area contributed by atoms with Crippen LogP contribution in [0.3, 0.4) is 0 Å². The van der Waals surface area contributed by atoms with Gasteiger partial charge in [-0.15, -0.1) is 30.6 Å². The summed E-state index contributed by atoms with van der Waals surface area (Å²) in [7, 11) is 3.42. The van der Waals surface area contributed by atoms with E-state index >= 15 is 0 Å². The highest BCUT2D eigenvalue weighted by Gasteiger charge is 2.04. The quantitative estimate of drug-likeness (QED) is 0.290. The molecule has 0 unspecified atom stereocenters. The van der Waals surface area contributed by atoms with E-state index in [2.05, 4.69) is 22.2 Å². The summed E-state index contributed by atoms with van der Waals surface area (Å²) in [4.78, 5) is 17.4. The highest BCUT2D eigenvalue weighted by atomic mass is 127. The number of nitrogens with zero attached hydrogens (tertiary/aromatic N) is 2. The minimum absolute atomic E-state index is 0. The van der Waals surface area contributed by atoms with Crippen LogP contribution >= 0.6 is 35.6 Å². The van der Waals surface area contributed by atoms with E-state index < -0.39 is 0 Å². The lowest BCUT2D eigenvalue weighted by Gasteiger charge is -2.13. The molecule has 0 aliphatic rings. The first kappa shape index (κ1) is 21.7. The predicted molar refractivity (Wildman–Crippen MR) is 108 cm³/mol. The minimum atomic E-state index is -0.0502. The van der Waals surface area contributed by atoms with Crippen LogP contribution < -0.4 is 10.6 Å². The summed E-state index contributed by atoms with van der Waals surface area (Å²) in [5.41, 5.74) is 1.07. The lowest BCUT2D eigenvalue weighted by atomic mass is 10.1. The smallest absolute Gasteiger partial charge is 0.243 e. The maximum atomic E-state index is 11.6. The molecule has 0 aliphatic carbocycles.